The number of hydrogen-bond acceptors (Lipinski definition) is 5. The minimum atomic E-state index is -0.789. The summed E-state index contributed by atoms with van der Waals surface area (Å²) in [6.07, 6.45) is 57.3. The number of nitrogens with one attached hydrogen (secondary N) is 1. The number of esters is 1. The Morgan fingerprint density at radius 1 is 0.483 bits per heavy atom. The van der Waals surface area contributed by atoms with E-state index in [0.29, 0.717) is 19.3 Å². The summed E-state index contributed by atoms with van der Waals surface area (Å²) in [7, 11) is 0. The van der Waals surface area contributed by atoms with Gasteiger partial charge in [0.2, 0.25) is 5.91 Å². The molecule has 60 heavy (non-hydrogen) atoms. The topological polar surface area (TPSA) is 95.9 Å². The summed E-state index contributed by atoms with van der Waals surface area (Å²) in [5, 5.41) is 23.7. The molecule has 0 aliphatic carbocycles. The molecule has 0 aliphatic rings. The number of hydrogen-bond donors (Lipinski definition) is 3. The number of amides is 1. The van der Waals surface area contributed by atoms with E-state index in [1.54, 1.807) is 0 Å². The number of carbonyl (C=O) groups is 2. The van der Waals surface area contributed by atoms with Gasteiger partial charge in [-0.1, -0.05) is 243 Å². The maximum atomic E-state index is 13.2. The maximum absolute atomic E-state index is 13.2. The molecule has 0 aromatic rings. The molecule has 0 aliphatic heterocycles. The Bertz CT molecular complexity index is 1040. The Morgan fingerprint density at radius 3 is 1.32 bits per heavy atom. The molecule has 0 radical (unpaired) electrons. The minimum Gasteiger partial charge on any atom is -0.462 e. The third-order valence-electron chi connectivity index (χ3n) is 11.8. The highest BCUT2D eigenvalue weighted by molar-refractivity contribution is 5.77. The van der Waals surface area contributed by atoms with E-state index in [1.165, 1.54) is 135 Å². The van der Waals surface area contributed by atoms with Crippen LogP contribution in [0.2, 0.25) is 0 Å². The van der Waals surface area contributed by atoms with Gasteiger partial charge in [-0.2, -0.15) is 0 Å². The maximum Gasteiger partial charge on any atom is 0.306 e. The average molecular weight is 842 g/mol. The van der Waals surface area contributed by atoms with Gasteiger partial charge in [0.1, 0.15) is 6.10 Å². The van der Waals surface area contributed by atoms with Gasteiger partial charge in [0.05, 0.1) is 25.2 Å². The normalized spacial score (nSPS) is 13.6. The summed E-state index contributed by atoms with van der Waals surface area (Å²) in [4.78, 5) is 26.1. The van der Waals surface area contributed by atoms with Gasteiger partial charge in [0.15, 0.2) is 0 Å². The fourth-order valence-electron chi connectivity index (χ4n) is 7.80. The van der Waals surface area contributed by atoms with Crippen LogP contribution in [0.5, 0.6) is 0 Å². The molecule has 0 spiro atoms. The standard InChI is InChI=1S/C54H99NO5/c1-4-7-10-13-16-19-22-24-25-26-27-28-29-32-35-38-41-44-47-54(59)60-50(45-42-39-36-33-31-23-20-17-14-11-8-5-2)48-53(58)55-51(49-56)52(57)46-43-40-37-34-30-21-18-15-12-9-6-3/h16,19,22,24-28,50-52,56-57H,4-15,17-18,20-21,23,29-49H2,1-3H3,(H,55,58)/b19-16+,24-22+,26-25+,28-27+. The summed E-state index contributed by atoms with van der Waals surface area (Å²) < 4.78 is 5.93. The van der Waals surface area contributed by atoms with Crippen LogP contribution in [0, 0.1) is 0 Å². The van der Waals surface area contributed by atoms with Crippen molar-refractivity contribution in [1.82, 2.24) is 5.32 Å². The zero-order valence-corrected chi connectivity index (χ0v) is 39.8. The molecule has 0 rings (SSSR count). The Morgan fingerprint density at radius 2 is 0.850 bits per heavy atom. The van der Waals surface area contributed by atoms with Crippen molar-refractivity contribution in [2.75, 3.05) is 6.61 Å². The lowest BCUT2D eigenvalue weighted by molar-refractivity contribution is -0.151. The van der Waals surface area contributed by atoms with Crippen molar-refractivity contribution in [3.8, 4) is 0 Å². The molecule has 0 saturated heterocycles. The van der Waals surface area contributed by atoms with Crippen LogP contribution in [-0.2, 0) is 14.3 Å². The zero-order valence-electron chi connectivity index (χ0n) is 39.8. The Kier molecular flexibility index (Phi) is 46.1. The molecule has 3 N–H and O–H groups in total. The van der Waals surface area contributed by atoms with Gasteiger partial charge in [0.25, 0.3) is 0 Å². The summed E-state index contributed by atoms with van der Waals surface area (Å²) in [5.41, 5.74) is 0. The SMILES string of the molecule is CCCCC/C=C/C=C/C=C/C=C/CCCCCCCC(=O)OC(CCCCCCCCCCCCCC)CC(=O)NC(CO)C(O)CCCCCCCCCCCCC. The van der Waals surface area contributed by atoms with Crippen LogP contribution in [0.1, 0.15) is 258 Å². The van der Waals surface area contributed by atoms with Crippen molar-refractivity contribution in [2.45, 2.75) is 277 Å². The molecular weight excluding hydrogens is 743 g/mol. The summed E-state index contributed by atoms with van der Waals surface area (Å²) >= 11 is 0. The smallest absolute Gasteiger partial charge is 0.306 e. The second-order valence-corrected chi connectivity index (χ2v) is 17.7. The predicted octanol–water partition coefficient (Wildman–Crippen LogP) is 15.5. The second kappa shape index (κ2) is 47.9. The molecule has 0 bridgehead atoms. The van der Waals surface area contributed by atoms with Crippen molar-refractivity contribution in [3.63, 3.8) is 0 Å². The fourth-order valence-corrected chi connectivity index (χ4v) is 7.80. The van der Waals surface area contributed by atoms with Gasteiger partial charge in [-0.25, -0.2) is 0 Å². The molecule has 1 amide bonds. The minimum absolute atomic E-state index is 0.0700. The van der Waals surface area contributed by atoms with Gasteiger partial charge >= 0.3 is 5.97 Å². The van der Waals surface area contributed by atoms with Crippen molar-refractivity contribution >= 4 is 11.9 Å². The van der Waals surface area contributed by atoms with E-state index >= 15 is 0 Å². The molecule has 6 heteroatoms. The van der Waals surface area contributed by atoms with E-state index in [2.05, 4.69) is 74.7 Å². The average Bonchev–Trinajstić information content (AvgIpc) is 3.24. The van der Waals surface area contributed by atoms with Crippen molar-refractivity contribution in [1.29, 1.82) is 0 Å². The number of unbranched alkanes of at least 4 members (excludes halogenated alkanes) is 29. The molecule has 350 valence electrons. The third-order valence-corrected chi connectivity index (χ3v) is 11.8. The van der Waals surface area contributed by atoms with Crippen molar-refractivity contribution < 1.29 is 24.5 Å². The first-order valence-electron chi connectivity index (χ1n) is 25.9. The van der Waals surface area contributed by atoms with Crippen molar-refractivity contribution in [2.24, 2.45) is 0 Å². The van der Waals surface area contributed by atoms with Crippen molar-refractivity contribution in [3.05, 3.63) is 48.6 Å². The van der Waals surface area contributed by atoms with E-state index in [4.69, 9.17) is 4.74 Å². The number of aliphatic hydroxyl groups is 2. The first kappa shape index (κ1) is 57.8. The van der Waals surface area contributed by atoms with E-state index in [9.17, 15) is 19.8 Å². The van der Waals surface area contributed by atoms with E-state index in [1.807, 2.05) is 0 Å². The number of rotatable bonds is 46. The molecule has 0 aromatic heterocycles. The highest BCUT2D eigenvalue weighted by atomic mass is 16.5. The lowest BCUT2D eigenvalue weighted by atomic mass is 10.0. The van der Waals surface area contributed by atoms with Crippen LogP contribution in [0.4, 0.5) is 0 Å². The molecule has 3 atom stereocenters. The van der Waals surface area contributed by atoms with Gasteiger partial charge in [-0.3, -0.25) is 9.59 Å². The Labute approximate surface area is 372 Å². The van der Waals surface area contributed by atoms with E-state index < -0.39 is 18.2 Å². The highest BCUT2D eigenvalue weighted by Crippen LogP contribution is 2.18. The van der Waals surface area contributed by atoms with Crippen LogP contribution in [0.15, 0.2) is 48.6 Å². The Balaban J connectivity index is 4.59. The van der Waals surface area contributed by atoms with Gasteiger partial charge < -0.3 is 20.3 Å². The van der Waals surface area contributed by atoms with E-state index in [0.717, 1.165) is 77.0 Å². The molecule has 6 nitrogen and oxygen atoms in total. The van der Waals surface area contributed by atoms with Gasteiger partial charge in [-0.05, 0) is 51.4 Å². The van der Waals surface area contributed by atoms with Crippen LogP contribution in [0.25, 0.3) is 0 Å². The van der Waals surface area contributed by atoms with E-state index in [-0.39, 0.29) is 24.9 Å². The third kappa shape index (κ3) is 42.5. The fraction of sp³-hybridized carbons (Fsp3) is 0.815. The number of allylic oxidation sites excluding steroid dienone is 8. The Hall–Kier alpha value is -2.18. The lowest BCUT2D eigenvalue weighted by Gasteiger charge is -2.24. The summed E-state index contributed by atoms with van der Waals surface area (Å²) in [5.74, 6) is -0.493. The van der Waals surface area contributed by atoms with Crippen LogP contribution < -0.4 is 5.32 Å². The zero-order chi connectivity index (χ0) is 43.8. The predicted molar refractivity (Wildman–Crippen MR) is 259 cm³/mol. The van der Waals surface area contributed by atoms with Crippen LogP contribution >= 0.6 is 0 Å². The first-order valence-corrected chi connectivity index (χ1v) is 25.9. The molecule has 0 saturated carbocycles. The summed E-state index contributed by atoms with van der Waals surface area (Å²) in [6.45, 7) is 6.44. The van der Waals surface area contributed by atoms with Gasteiger partial charge in [0, 0.05) is 6.42 Å². The molecular formula is C54H99NO5. The summed E-state index contributed by atoms with van der Waals surface area (Å²) in [6, 6.07) is -0.704. The molecule has 0 aromatic carbocycles. The monoisotopic (exact) mass is 842 g/mol. The molecule has 0 fully saturated rings. The van der Waals surface area contributed by atoms with Gasteiger partial charge in [-0.15, -0.1) is 0 Å². The van der Waals surface area contributed by atoms with Crippen LogP contribution in [0.3, 0.4) is 0 Å². The first-order chi connectivity index (χ1) is 29.5. The molecule has 0 heterocycles. The largest absolute Gasteiger partial charge is 0.462 e. The van der Waals surface area contributed by atoms with Crippen LogP contribution in [-0.4, -0.2) is 46.9 Å². The second-order valence-electron chi connectivity index (χ2n) is 17.7. The highest BCUT2D eigenvalue weighted by Gasteiger charge is 2.24. The number of ether oxygens (including phenoxy) is 1. The lowest BCUT2D eigenvalue weighted by Crippen LogP contribution is -2.46. The molecule has 3 unspecified atom stereocenters. The number of aliphatic hydroxyl groups excluding tert-OH is 2. The quantitative estimate of drug-likeness (QED) is 0.0322. The number of carbonyl (C=O) groups excluding carboxylic acids is 2.